The Bertz CT molecular complexity index is 331. The largest absolute Gasteiger partial charge is 1.00 e. The topological polar surface area (TPSA) is 37.3 Å². The van der Waals surface area contributed by atoms with E-state index in [1.807, 2.05) is 43.3 Å². The molecule has 0 radical (unpaired) electrons. The molecule has 0 aliphatic heterocycles. The Balaban J connectivity index is 0.00000196. The Morgan fingerprint density at radius 1 is 1.27 bits per heavy atom. The molecule has 0 spiro atoms. The molecule has 2 nitrogen and oxygen atoms in total. The van der Waals surface area contributed by atoms with Crippen LogP contribution in [0.2, 0.25) is 0 Å². The smallest absolute Gasteiger partial charge is 0.481 e. The predicted molar refractivity (Wildman–Crippen MR) is 57.0 cm³/mol. The van der Waals surface area contributed by atoms with E-state index in [0.29, 0.717) is 6.42 Å². The van der Waals surface area contributed by atoms with Crippen molar-refractivity contribution >= 4 is 12.0 Å². The van der Waals surface area contributed by atoms with Crippen LogP contribution in [0.5, 0.6) is 0 Å². The molecule has 15 heavy (non-hydrogen) atoms. The summed E-state index contributed by atoms with van der Waals surface area (Å²) in [6, 6.07) is 9.91. The number of allylic oxidation sites excluding steroid dienone is 1. The summed E-state index contributed by atoms with van der Waals surface area (Å²) >= 11 is 0. The van der Waals surface area contributed by atoms with E-state index in [1.54, 1.807) is 0 Å². The van der Waals surface area contributed by atoms with E-state index in [9.17, 15) is 4.79 Å². The number of hydrogen-bond donors (Lipinski definition) is 1. The third kappa shape index (κ3) is 6.50. The van der Waals surface area contributed by atoms with Gasteiger partial charge in [0.15, 0.2) is 0 Å². The second-order valence-electron chi connectivity index (χ2n) is 3.30. The maximum atomic E-state index is 10.3. The standard InChI is InChI=1S/C12H14O2.Na/c1-10(7-8-12(13)14)9-11-5-3-2-4-6-11;/h2-6,9H,7-8H2,1H3,(H,13,14);/q;+1/b10-9+;. The van der Waals surface area contributed by atoms with E-state index >= 15 is 0 Å². The minimum absolute atomic E-state index is 0. The van der Waals surface area contributed by atoms with Crippen molar-refractivity contribution < 1.29 is 39.5 Å². The molecule has 0 aliphatic carbocycles. The average Bonchev–Trinajstić information content (AvgIpc) is 2.16. The SMILES string of the molecule is C/C(=C\c1ccccc1)CCC(=O)O.[Na+]. The second-order valence-corrected chi connectivity index (χ2v) is 3.30. The van der Waals surface area contributed by atoms with Crippen LogP contribution in [-0.4, -0.2) is 11.1 Å². The van der Waals surface area contributed by atoms with Gasteiger partial charge in [0.25, 0.3) is 0 Å². The number of carboxylic acid groups (broad SMARTS) is 1. The molecule has 3 heteroatoms. The van der Waals surface area contributed by atoms with Gasteiger partial charge in [-0.15, -0.1) is 0 Å². The van der Waals surface area contributed by atoms with Gasteiger partial charge in [-0.05, 0) is 18.9 Å². The maximum Gasteiger partial charge on any atom is 1.00 e. The number of aliphatic carboxylic acids is 1. The van der Waals surface area contributed by atoms with Crippen molar-refractivity contribution in [2.75, 3.05) is 0 Å². The summed E-state index contributed by atoms with van der Waals surface area (Å²) in [7, 11) is 0. The van der Waals surface area contributed by atoms with Crippen LogP contribution in [0.4, 0.5) is 0 Å². The molecule has 1 aromatic carbocycles. The maximum absolute atomic E-state index is 10.3. The van der Waals surface area contributed by atoms with Crippen LogP contribution in [0.15, 0.2) is 35.9 Å². The molecule has 1 N–H and O–H groups in total. The molecule has 0 aromatic heterocycles. The molecule has 0 aliphatic rings. The fourth-order valence-electron chi connectivity index (χ4n) is 1.21. The fraction of sp³-hybridized carbons (Fsp3) is 0.250. The molecule has 0 heterocycles. The normalized spacial score (nSPS) is 10.6. The summed E-state index contributed by atoms with van der Waals surface area (Å²) in [4.78, 5) is 10.3. The monoisotopic (exact) mass is 213 g/mol. The minimum atomic E-state index is -0.745. The van der Waals surface area contributed by atoms with Crippen LogP contribution < -0.4 is 29.6 Å². The second kappa shape index (κ2) is 7.69. The molecule has 1 aromatic rings. The van der Waals surface area contributed by atoms with Crippen molar-refractivity contribution in [3.8, 4) is 0 Å². The zero-order valence-electron chi connectivity index (χ0n) is 9.23. The van der Waals surface area contributed by atoms with Crippen molar-refractivity contribution in [3.05, 3.63) is 41.5 Å². The van der Waals surface area contributed by atoms with Crippen LogP contribution in [0.25, 0.3) is 6.08 Å². The van der Waals surface area contributed by atoms with Crippen molar-refractivity contribution in [2.24, 2.45) is 0 Å². The van der Waals surface area contributed by atoms with Crippen LogP contribution in [0.3, 0.4) is 0 Å². The van der Waals surface area contributed by atoms with Crippen molar-refractivity contribution in [1.29, 1.82) is 0 Å². The third-order valence-corrected chi connectivity index (χ3v) is 1.95. The average molecular weight is 213 g/mol. The Kier molecular flexibility index (Phi) is 7.39. The van der Waals surface area contributed by atoms with E-state index in [0.717, 1.165) is 11.1 Å². The molecular weight excluding hydrogens is 199 g/mol. The van der Waals surface area contributed by atoms with Crippen molar-refractivity contribution in [2.45, 2.75) is 19.8 Å². The fourth-order valence-corrected chi connectivity index (χ4v) is 1.21. The van der Waals surface area contributed by atoms with E-state index in [4.69, 9.17) is 5.11 Å². The molecule has 0 fully saturated rings. The summed E-state index contributed by atoms with van der Waals surface area (Å²) in [6.45, 7) is 1.95. The Hall–Kier alpha value is -0.570. The molecule has 1 rings (SSSR count). The Labute approximate surface area is 112 Å². The summed E-state index contributed by atoms with van der Waals surface area (Å²) in [5.41, 5.74) is 2.22. The van der Waals surface area contributed by atoms with Gasteiger partial charge in [0.2, 0.25) is 0 Å². The first-order valence-corrected chi connectivity index (χ1v) is 4.62. The van der Waals surface area contributed by atoms with Gasteiger partial charge in [-0.2, -0.15) is 0 Å². The van der Waals surface area contributed by atoms with Gasteiger partial charge in [0, 0.05) is 6.42 Å². The third-order valence-electron chi connectivity index (χ3n) is 1.95. The number of hydrogen-bond acceptors (Lipinski definition) is 1. The van der Waals surface area contributed by atoms with E-state index < -0.39 is 5.97 Å². The number of rotatable bonds is 4. The van der Waals surface area contributed by atoms with Gasteiger partial charge in [-0.3, -0.25) is 4.79 Å². The summed E-state index contributed by atoms with van der Waals surface area (Å²) in [5.74, 6) is -0.745. The van der Waals surface area contributed by atoms with Crippen LogP contribution in [0.1, 0.15) is 25.3 Å². The zero-order chi connectivity index (χ0) is 10.4. The Morgan fingerprint density at radius 3 is 2.40 bits per heavy atom. The molecular formula is C12H14NaO2+. The van der Waals surface area contributed by atoms with Gasteiger partial charge in [0.05, 0.1) is 0 Å². The molecule has 0 unspecified atom stereocenters. The van der Waals surface area contributed by atoms with Gasteiger partial charge in [0.1, 0.15) is 0 Å². The molecule has 74 valence electrons. The minimum Gasteiger partial charge on any atom is -0.481 e. The predicted octanol–water partition coefficient (Wildman–Crippen LogP) is -0.0413. The molecule has 0 amide bonds. The quantitative estimate of drug-likeness (QED) is 0.712. The van der Waals surface area contributed by atoms with Crippen LogP contribution in [-0.2, 0) is 4.79 Å². The van der Waals surface area contributed by atoms with Gasteiger partial charge in [-0.1, -0.05) is 42.0 Å². The first-order valence-electron chi connectivity index (χ1n) is 4.62. The van der Waals surface area contributed by atoms with Gasteiger partial charge < -0.3 is 5.11 Å². The first kappa shape index (κ1) is 14.4. The van der Waals surface area contributed by atoms with Crippen LogP contribution >= 0.6 is 0 Å². The molecule has 0 saturated carbocycles. The van der Waals surface area contributed by atoms with E-state index in [2.05, 4.69) is 0 Å². The van der Waals surface area contributed by atoms with E-state index in [1.165, 1.54) is 0 Å². The zero-order valence-corrected chi connectivity index (χ0v) is 11.2. The van der Waals surface area contributed by atoms with Crippen molar-refractivity contribution in [1.82, 2.24) is 0 Å². The summed E-state index contributed by atoms with van der Waals surface area (Å²) < 4.78 is 0. The first-order chi connectivity index (χ1) is 6.68. The number of carbonyl (C=O) groups is 1. The van der Waals surface area contributed by atoms with Gasteiger partial charge >= 0.3 is 35.5 Å². The summed E-state index contributed by atoms with van der Waals surface area (Å²) in [5, 5.41) is 8.50. The van der Waals surface area contributed by atoms with Crippen molar-refractivity contribution in [3.63, 3.8) is 0 Å². The van der Waals surface area contributed by atoms with E-state index in [-0.39, 0.29) is 36.0 Å². The Morgan fingerprint density at radius 2 is 1.87 bits per heavy atom. The van der Waals surface area contributed by atoms with Crippen LogP contribution in [0, 0.1) is 0 Å². The van der Waals surface area contributed by atoms with Gasteiger partial charge in [-0.25, -0.2) is 0 Å². The summed E-state index contributed by atoms with van der Waals surface area (Å²) in [6.07, 6.45) is 2.84. The number of carboxylic acids is 1. The molecule has 0 atom stereocenters. The molecule has 0 bridgehead atoms. The molecule has 0 saturated heterocycles. The number of benzene rings is 1.